The van der Waals surface area contributed by atoms with Crippen molar-refractivity contribution in [3.05, 3.63) is 65.4 Å². The summed E-state index contributed by atoms with van der Waals surface area (Å²) < 4.78 is 1.33. The van der Waals surface area contributed by atoms with E-state index in [0.29, 0.717) is 5.41 Å². The number of aromatic amines is 1. The van der Waals surface area contributed by atoms with Gasteiger partial charge in [-0.05, 0) is 77.4 Å². The Hall–Kier alpha value is -2.59. The number of aromatic nitrogens is 2. The van der Waals surface area contributed by atoms with Crippen molar-refractivity contribution >= 4 is 32.8 Å². The standard InChI is InChI=1S/C23H23N3S/c1-23(2)9-5-18-19(14-23)26-21(15-6-10-24-11-7-15)22(18)25-17-3-4-20-16(13-17)8-12-27-20/h3-4,6-8,10-13,25-26H,5,9,14H2,1-2H3. The van der Waals surface area contributed by atoms with Crippen LogP contribution in [0.4, 0.5) is 11.4 Å². The zero-order valence-electron chi connectivity index (χ0n) is 15.7. The maximum Gasteiger partial charge on any atom is 0.0699 e. The minimum absolute atomic E-state index is 0.347. The Morgan fingerprint density at radius 1 is 1.11 bits per heavy atom. The second-order valence-electron chi connectivity index (χ2n) is 8.21. The highest BCUT2D eigenvalue weighted by molar-refractivity contribution is 7.17. The van der Waals surface area contributed by atoms with E-state index in [2.05, 4.69) is 70.9 Å². The first-order chi connectivity index (χ1) is 13.1. The van der Waals surface area contributed by atoms with E-state index in [-0.39, 0.29) is 0 Å². The van der Waals surface area contributed by atoms with E-state index in [1.54, 1.807) is 11.3 Å². The molecule has 0 atom stereocenters. The molecule has 0 amide bonds. The third kappa shape index (κ3) is 3.04. The highest BCUT2D eigenvalue weighted by Crippen LogP contribution is 2.43. The summed E-state index contributed by atoms with van der Waals surface area (Å²) >= 11 is 1.79. The zero-order valence-corrected chi connectivity index (χ0v) is 16.5. The molecule has 5 rings (SSSR count). The minimum Gasteiger partial charge on any atom is -0.356 e. The number of benzene rings is 1. The summed E-state index contributed by atoms with van der Waals surface area (Å²) in [5.41, 5.74) is 7.87. The van der Waals surface area contributed by atoms with Crippen LogP contribution in [0.15, 0.2) is 54.2 Å². The number of thiophene rings is 1. The Morgan fingerprint density at radius 3 is 2.81 bits per heavy atom. The van der Waals surface area contributed by atoms with Gasteiger partial charge in [0.25, 0.3) is 0 Å². The third-order valence-electron chi connectivity index (χ3n) is 5.59. The van der Waals surface area contributed by atoms with Crippen molar-refractivity contribution in [2.45, 2.75) is 33.1 Å². The van der Waals surface area contributed by atoms with Crippen molar-refractivity contribution in [2.75, 3.05) is 5.32 Å². The Kier molecular flexibility index (Phi) is 3.83. The fourth-order valence-corrected chi connectivity index (χ4v) is 4.88. The summed E-state index contributed by atoms with van der Waals surface area (Å²) in [6, 6.07) is 13.0. The molecule has 0 saturated heterocycles. The second-order valence-corrected chi connectivity index (χ2v) is 9.15. The number of anilines is 2. The van der Waals surface area contributed by atoms with Crippen molar-refractivity contribution in [1.82, 2.24) is 9.97 Å². The number of hydrogen-bond donors (Lipinski definition) is 2. The molecule has 1 aliphatic carbocycles. The van der Waals surface area contributed by atoms with Gasteiger partial charge in [-0.25, -0.2) is 0 Å². The first-order valence-corrected chi connectivity index (χ1v) is 10.4. The predicted molar refractivity (Wildman–Crippen MR) is 115 cm³/mol. The molecule has 0 fully saturated rings. The van der Waals surface area contributed by atoms with Crippen LogP contribution in [-0.2, 0) is 12.8 Å². The smallest absolute Gasteiger partial charge is 0.0699 e. The molecule has 2 N–H and O–H groups in total. The van der Waals surface area contributed by atoms with Gasteiger partial charge >= 0.3 is 0 Å². The van der Waals surface area contributed by atoms with Gasteiger partial charge in [0, 0.05) is 34.0 Å². The number of hydrogen-bond acceptors (Lipinski definition) is 3. The van der Waals surface area contributed by atoms with Crippen LogP contribution < -0.4 is 5.32 Å². The van der Waals surface area contributed by atoms with Gasteiger partial charge in [0.05, 0.1) is 11.4 Å². The van der Waals surface area contributed by atoms with Crippen molar-refractivity contribution in [3.8, 4) is 11.3 Å². The van der Waals surface area contributed by atoms with Gasteiger partial charge in [0.1, 0.15) is 0 Å². The van der Waals surface area contributed by atoms with Gasteiger partial charge in [0.15, 0.2) is 0 Å². The lowest BCUT2D eigenvalue weighted by atomic mass is 9.76. The summed E-state index contributed by atoms with van der Waals surface area (Å²) in [5, 5.41) is 7.18. The van der Waals surface area contributed by atoms with Crippen LogP contribution in [0.3, 0.4) is 0 Å². The van der Waals surface area contributed by atoms with E-state index < -0.39 is 0 Å². The number of H-pyrrole nitrogens is 1. The van der Waals surface area contributed by atoms with Crippen LogP contribution in [0, 0.1) is 5.41 Å². The van der Waals surface area contributed by atoms with Crippen LogP contribution in [0.5, 0.6) is 0 Å². The van der Waals surface area contributed by atoms with Crippen molar-refractivity contribution < 1.29 is 0 Å². The predicted octanol–water partition coefficient (Wildman–Crippen LogP) is 6.55. The van der Waals surface area contributed by atoms with E-state index >= 15 is 0 Å². The van der Waals surface area contributed by atoms with E-state index in [4.69, 9.17) is 0 Å². The zero-order chi connectivity index (χ0) is 18.4. The highest BCUT2D eigenvalue weighted by Gasteiger charge is 2.30. The molecular weight excluding hydrogens is 350 g/mol. The summed E-state index contributed by atoms with van der Waals surface area (Å²) in [7, 11) is 0. The third-order valence-corrected chi connectivity index (χ3v) is 6.49. The molecule has 0 bridgehead atoms. The van der Waals surface area contributed by atoms with E-state index in [0.717, 1.165) is 18.5 Å². The SMILES string of the molecule is CC1(C)CCc2c([nH]c(-c3ccncc3)c2Nc2ccc3sccc3c2)C1. The van der Waals surface area contributed by atoms with Gasteiger partial charge < -0.3 is 10.3 Å². The van der Waals surface area contributed by atoms with Crippen LogP contribution in [0.1, 0.15) is 31.5 Å². The molecule has 3 heterocycles. The summed E-state index contributed by atoms with van der Waals surface area (Å²) in [4.78, 5) is 7.92. The molecule has 1 aromatic carbocycles. The topological polar surface area (TPSA) is 40.7 Å². The van der Waals surface area contributed by atoms with Crippen LogP contribution in [0.25, 0.3) is 21.3 Å². The van der Waals surface area contributed by atoms with E-state index in [1.165, 1.54) is 44.7 Å². The fourth-order valence-electron chi connectivity index (χ4n) is 4.11. The highest BCUT2D eigenvalue weighted by atomic mass is 32.1. The number of rotatable bonds is 3. The molecule has 0 aliphatic heterocycles. The van der Waals surface area contributed by atoms with Crippen LogP contribution >= 0.6 is 11.3 Å². The molecule has 0 radical (unpaired) electrons. The van der Waals surface area contributed by atoms with Crippen LogP contribution in [0.2, 0.25) is 0 Å². The van der Waals surface area contributed by atoms with Crippen molar-refractivity contribution in [1.29, 1.82) is 0 Å². The molecule has 27 heavy (non-hydrogen) atoms. The number of nitrogens with zero attached hydrogens (tertiary/aromatic N) is 1. The minimum atomic E-state index is 0.347. The first-order valence-electron chi connectivity index (χ1n) is 9.47. The molecule has 1 aliphatic rings. The largest absolute Gasteiger partial charge is 0.356 e. The second kappa shape index (κ2) is 6.24. The Bertz CT molecular complexity index is 1110. The van der Waals surface area contributed by atoms with Crippen LogP contribution in [-0.4, -0.2) is 9.97 Å². The van der Waals surface area contributed by atoms with Gasteiger partial charge in [-0.2, -0.15) is 0 Å². The molecule has 0 unspecified atom stereocenters. The van der Waals surface area contributed by atoms with E-state index in [1.807, 2.05) is 12.4 Å². The number of pyridine rings is 1. The lowest BCUT2D eigenvalue weighted by Crippen LogP contribution is -2.22. The maximum absolute atomic E-state index is 4.18. The molecular formula is C23H23N3S. The molecule has 4 heteroatoms. The number of nitrogens with one attached hydrogen (secondary N) is 2. The number of fused-ring (bicyclic) bond motifs is 2. The molecule has 0 saturated carbocycles. The van der Waals surface area contributed by atoms with Gasteiger partial charge in [-0.15, -0.1) is 11.3 Å². The summed E-state index contributed by atoms with van der Waals surface area (Å²) in [6.07, 6.45) is 7.13. The van der Waals surface area contributed by atoms with Crippen molar-refractivity contribution in [2.24, 2.45) is 5.41 Å². The summed E-state index contributed by atoms with van der Waals surface area (Å²) in [6.45, 7) is 4.72. The first kappa shape index (κ1) is 16.6. The maximum atomic E-state index is 4.18. The monoisotopic (exact) mass is 373 g/mol. The molecule has 3 aromatic heterocycles. The lowest BCUT2D eigenvalue weighted by Gasteiger charge is -2.29. The van der Waals surface area contributed by atoms with Gasteiger partial charge in [-0.1, -0.05) is 13.8 Å². The van der Waals surface area contributed by atoms with Gasteiger partial charge in [-0.3, -0.25) is 4.98 Å². The molecule has 4 aromatic rings. The Balaban J connectivity index is 1.62. The Morgan fingerprint density at radius 2 is 1.96 bits per heavy atom. The molecule has 3 nitrogen and oxygen atoms in total. The molecule has 0 spiro atoms. The lowest BCUT2D eigenvalue weighted by molar-refractivity contribution is 0.313. The average Bonchev–Trinajstić information content (AvgIpc) is 3.26. The fraction of sp³-hybridized carbons (Fsp3) is 0.261. The molecule has 136 valence electrons. The quantitative estimate of drug-likeness (QED) is 0.427. The normalized spacial score (nSPS) is 15.6. The Labute approximate surface area is 163 Å². The summed E-state index contributed by atoms with van der Waals surface area (Å²) in [5.74, 6) is 0. The van der Waals surface area contributed by atoms with Gasteiger partial charge in [0.2, 0.25) is 0 Å². The van der Waals surface area contributed by atoms with Crippen molar-refractivity contribution in [3.63, 3.8) is 0 Å². The van der Waals surface area contributed by atoms with E-state index in [9.17, 15) is 0 Å². The average molecular weight is 374 g/mol.